The topological polar surface area (TPSA) is 110 Å². The summed E-state index contributed by atoms with van der Waals surface area (Å²) in [5.41, 5.74) is 0.943. The molecule has 1 aromatic rings. The van der Waals surface area contributed by atoms with E-state index < -0.39 is 23.1 Å². The summed E-state index contributed by atoms with van der Waals surface area (Å²) in [5.74, 6) is -0.0224. The van der Waals surface area contributed by atoms with E-state index in [1.54, 1.807) is 6.92 Å². The third-order valence-electron chi connectivity index (χ3n) is 4.35. The number of allylic oxidation sites excluding steroid dienone is 1. The lowest BCUT2D eigenvalue weighted by Crippen LogP contribution is -2.54. The molecule has 1 aliphatic heterocycles. The van der Waals surface area contributed by atoms with E-state index in [9.17, 15) is 24.5 Å². The van der Waals surface area contributed by atoms with Crippen LogP contribution in [-0.2, 0) is 4.79 Å². The quantitative estimate of drug-likeness (QED) is 0.601. The summed E-state index contributed by atoms with van der Waals surface area (Å²) >= 11 is 0. The molecule has 1 atom stereocenters. The molecule has 9 nitrogen and oxygen atoms in total. The van der Waals surface area contributed by atoms with Crippen molar-refractivity contribution in [1.82, 2.24) is 9.80 Å². The van der Waals surface area contributed by atoms with E-state index in [0.717, 1.165) is 4.90 Å². The molecule has 0 N–H and O–H groups in total. The highest BCUT2D eigenvalue weighted by atomic mass is 16.6. The van der Waals surface area contributed by atoms with Gasteiger partial charge in [-0.2, -0.15) is 0 Å². The van der Waals surface area contributed by atoms with Crippen LogP contribution in [0.4, 0.5) is 15.3 Å². The summed E-state index contributed by atoms with van der Waals surface area (Å²) in [4.78, 5) is 49.2. The first-order chi connectivity index (χ1) is 11.8. The SMILES string of the molecule is CC1C2=C(CCC2=O)N(C)C(=O)N1C(=O)Oc1ccc([N+](=O)[O-])cc1. The number of nitro groups is 1. The van der Waals surface area contributed by atoms with Crippen molar-refractivity contribution in [3.63, 3.8) is 0 Å². The molecule has 1 aromatic carbocycles. The second kappa shape index (κ2) is 6.00. The van der Waals surface area contributed by atoms with Gasteiger partial charge in [-0.15, -0.1) is 0 Å². The number of ether oxygens (including phenoxy) is 1. The smallest absolute Gasteiger partial charge is 0.410 e. The molecule has 130 valence electrons. The molecular formula is C16H15N3O6. The monoisotopic (exact) mass is 345 g/mol. The molecule has 0 bridgehead atoms. The molecule has 0 spiro atoms. The van der Waals surface area contributed by atoms with Gasteiger partial charge in [0.05, 0.1) is 11.0 Å². The first kappa shape index (κ1) is 16.6. The predicted octanol–water partition coefficient (Wildman–Crippen LogP) is 2.47. The lowest BCUT2D eigenvalue weighted by molar-refractivity contribution is -0.384. The standard InChI is InChI=1S/C16H15N3O6/c1-9-14-12(7-8-13(14)20)17(2)15(21)18(9)16(22)25-11-5-3-10(4-6-11)19(23)24/h3-6,9H,7-8H2,1-2H3. The Morgan fingerprint density at radius 1 is 1.24 bits per heavy atom. The van der Waals surface area contributed by atoms with Gasteiger partial charge in [-0.1, -0.05) is 0 Å². The van der Waals surface area contributed by atoms with Crippen LogP contribution in [0.15, 0.2) is 35.5 Å². The number of hydrogen-bond acceptors (Lipinski definition) is 6. The van der Waals surface area contributed by atoms with Crippen LogP contribution >= 0.6 is 0 Å². The zero-order valence-electron chi connectivity index (χ0n) is 13.6. The lowest BCUT2D eigenvalue weighted by atomic mass is 10.0. The van der Waals surface area contributed by atoms with Crippen LogP contribution in [-0.4, -0.2) is 45.7 Å². The maximum atomic E-state index is 12.5. The molecule has 2 aliphatic rings. The maximum absolute atomic E-state index is 12.5. The van der Waals surface area contributed by atoms with Crippen LogP contribution in [0, 0.1) is 10.1 Å². The van der Waals surface area contributed by atoms with Gasteiger partial charge in [-0.25, -0.2) is 14.5 Å². The Kier molecular flexibility index (Phi) is 3.99. The molecule has 0 fully saturated rings. The van der Waals surface area contributed by atoms with E-state index >= 15 is 0 Å². The molecule has 25 heavy (non-hydrogen) atoms. The maximum Gasteiger partial charge on any atom is 0.424 e. The van der Waals surface area contributed by atoms with Crippen molar-refractivity contribution in [2.75, 3.05) is 7.05 Å². The second-order valence-corrected chi connectivity index (χ2v) is 5.79. The number of nitrogens with zero attached hydrogens (tertiary/aromatic N) is 3. The third kappa shape index (κ3) is 2.73. The average molecular weight is 345 g/mol. The molecule has 1 aliphatic carbocycles. The fourth-order valence-electron chi connectivity index (χ4n) is 3.08. The van der Waals surface area contributed by atoms with Gasteiger partial charge in [0, 0.05) is 36.9 Å². The first-order valence-electron chi connectivity index (χ1n) is 7.60. The molecule has 9 heteroatoms. The van der Waals surface area contributed by atoms with E-state index in [0.29, 0.717) is 24.1 Å². The highest BCUT2D eigenvalue weighted by molar-refractivity contribution is 6.05. The Balaban J connectivity index is 1.83. The van der Waals surface area contributed by atoms with Crippen molar-refractivity contribution in [2.45, 2.75) is 25.8 Å². The Labute approximate surface area is 142 Å². The summed E-state index contributed by atoms with van der Waals surface area (Å²) in [5, 5.41) is 10.6. The minimum absolute atomic E-state index is 0.0655. The van der Waals surface area contributed by atoms with Gasteiger partial charge in [0.1, 0.15) is 5.75 Å². The highest BCUT2D eigenvalue weighted by Gasteiger charge is 2.44. The van der Waals surface area contributed by atoms with Crippen molar-refractivity contribution in [1.29, 1.82) is 0 Å². The minimum Gasteiger partial charge on any atom is -0.410 e. The Bertz CT molecular complexity index is 814. The van der Waals surface area contributed by atoms with Crippen molar-refractivity contribution in [2.24, 2.45) is 0 Å². The number of hydrogen-bond donors (Lipinski definition) is 0. The number of amides is 3. The second-order valence-electron chi connectivity index (χ2n) is 5.79. The van der Waals surface area contributed by atoms with E-state index in [-0.39, 0.29) is 17.2 Å². The Morgan fingerprint density at radius 2 is 1.88 bits per heavy atom. The van der Waals surface area contributed by atoms with Crippen molar-refractivity contribution in [3.05, 3.63) is 45.6 Å². The number of benzene rings is 1. The first-order valence-corrected chi connectivity index (χ1v) is 7.60. The Hall–Kier alpha value is -3.23. The zero-order chi connectivity index (χ0) is 18.3. The minimum atomic E-state index is -0.940. The molecule has 3 rings (SSSR count). The van der Waals surface area contributed by atoms with Gasteiger partial charge in [0.25, 0.3) is 5.69 Å². The van der Waals surface area contributed by atoms with E-state index in [4.69, 9.17) is 4.74 Å². The van der Waals surface area contributed by atoms with E-state index in [1.807, 2.05) is 0 Å². The molecule has 1 heterocycles. The van der Waals surface area contributed by atoms with Crippen LogP contribution in [0.5, 0.6) is 5.75 Å². The van der Waals surface area contributed by atoms with Crippen LogP contribution in [0.2, 0.25) is 0 Å². The third-order valence-corrected chi connectivity index (χ3v) is 4.35. The van der Waals surface area contributed by atoms with Gasteiger partial charge in [0.15, 0.2) is 5.78 Å². The summed E-state index contributed by atoms with van der Waals surface area (Å²) in [6.45, 7) is 1.60. The van der Waals surface area contributed by atoms with Gasteiger partial charge in [-0.05, 0) is 25.5 Å². The summed E-state index contributed by atoms with van der Waals surface area (Å²) < 4.78 is 5.14. The van der Waals surface area contributed by atoms with Gasteiger partial charge < -0.3 is 9.64 Å². The average Bonchev–Trinajstić information content (AvgIpc) is 2.95. The number of urea groups is 1. The normalized spacial score (nSPS) is 20.0. The molecule has 1 unspecified atom stereocenters. The number of nitro benzene ring substituents is 1. The molecule has 0 aromatic heterocycles. The molecule has 0 radical (unpaired) electrons. The summed E-state index contributed by atoms with van der Waals surface area (Å²) in [6, 6.07) is 3.62. The van der Waals surface area contributed by atoms with Crippen molar-refractivity contribution >= 4 is 23.6 Å². The van der Waals surface area contributed by atoms with Crippen LogP contribution in [0.25, 0.3) is 0 Å². The van der Waals surface area contributed by atoms with Crippen LogP contribution in [0.1, 0.15) is 19.8 Å². The number of rotatable bonds is 2. The van der Waals surface area contributed by atoms with E-state index in [1.165, 1.54) is 36.2 Å². The zero-order valence-corrected chi connectivity index (χ0v) is 13.6. The molecule has 0 saturated heterocycles. The fraction of sp³-hybridized carbons (Fsp3) is 0.312. The van der Waals surface area contributed by atoms with Crippen LogP contribution < -0.4 is 4.74 Å². The van der Waals surface area contributed by atoms with Crippen molar-refractivity contribution in [3.8, 4) is 5.75 Å². The van der Waals surface area contributed by atoms with Gasteiger partial charge >= 0.3 is 12.1 Å². The van der Waals surface area contributed by atoms with Gasteiger partial charge in [0.2, 0.25) is 0 Å². The fourth-order valence-corrected chi connectivity index (χ4v) is 3.08. The highest BCUT2D eigenvalue weighted by Crippen LogP contribution is 2.35. The molecule has 0 saturated carbocycles. The predicted molar refractivity (Wildman–Crippen MR) is 84.8 cm³/mol. The number of imide groups is 1. The number of carbonyl (C=O) groups is 3. The molecule has 3 amide bonds. The van der Waals surface area contributed by atoms with Crippen molar-refractivity contribution < 1.29 is 24.0 Å². The Morgan fingerprint density at radius 3 is 2.48 bits per heavy atom. The molecular weight excluding hydrogens is 330 g/mol. The summed E-state index contributed by atoms with van der Waals surface area (Å²) in [6.07, 6.45) is -0.145. The number of ketones is 1. The largest absolute Gasteiger partial charge is 0.424 e. The summed E-state index contributed by atoms with van der Waals surface area (Å²) in [7, 11) is 1.51. The van der Waals surface area contributed by atoms with Crippen LogP contribution in [0.3, 0.4) is 0 Å². The number of non-ortho nitro benzene ring substituents is 1. The van der Waals surface area contributed by atoms with E-state index in [2.05, 4.69) is 0 Å². The number of carbonyl (C=O) groups excluding carboxylic acids is 3. The lowest BCUT2D eigenvalue weighted by Gasteiger charge is -2.36. The van der Waals surface area contributed by atoms with Gasteiger partial charge in [-0.3, -0.25) is 14.9 Å². The number of Topliss-reactive ketones (excluding diaryl/α,β-unsaturated/α-hetero) is 1.